The van der Waals surface area contributed by atoms with Crippen LogP contribution in [-0.2, 0) is 7.05 Å². The molecule has 0 radical (unpaired) electrons. The summed E-state index contributed by atoms with van der Waals surface area (Å²) in [7, 11) is 2.21. The zero-order valence-corrected chi connectivity index (χ0v) is 34.0. The Balaban J connectivity index is 1.16. The molecule has 0 saturated carbocycles. The van der Waals surface area contributed by atoms with Gasteiger partial charge < -0.3 is 4.42 Å². The van der Waals surface area contributed by atoms with Crippen molar-refractivity contribution in [2.45, 2.75) is 46.5 Å². The minimum atomic E-state index is 0.267. The quantitative estimate of drug-likeness (QED) is 0.149. The van der Waals surface area contributed by atoms with Gasteiger partial charge in [0.05, 0.1) is 7.05 Å². The highest BCUT2D eigenvalue weighted by atomic mass is 16.3. The van der Waals surface area contributed by atoms with Crippen molar-refractivity contribution in [1.29, 1.82) is 0 Å². The van der Waals surface area contributed by atoms with E-state index in [1.54, 1.807) is 0 Å². The highest BCUT2D eigenvalue weighted by Crippen LogP contribution is 2.44. The van der Waals surface area contributed by atoms with Crippen molar-refractivity contribution in [1.82, 2.24) is 4.57 Å². The predicted molar refractivity (Wildman–Crippen MR) is 244 cm³/mol. The fourth-order valence-electron chi connectivity index (χ4n) is 9.09. The average molecular weight is 752 g/mol. The molecule has 0 bridgehead atoms. The van der Waals surface area contributed by atoms with Gasteiger partial charge >= 0.3 is 0 Å². The van der Waals surface area contributed by atoms with Crippen molar-refractivity contribution in [3.63, 3.8) is 0 Å². The Morgan fingerprint density at radius 1 is 0.483 bits per heavy atom. The molecular weight excluding hydrogens is 705 g/mol. The Morgan fingerprint density at radius 2 is 1.00 bits per heavy atom. The predicted octanol–water partition coefficient (Wildman–Crippen LogP) is 14.7. The van der Waals surface area contributed by atoms with Crippen molar-refractivity contribution < 1.29 is 8.98 Å². The van der Waals surface area contributed by atoms with Gasteiger partial charge in [-0.05, 0) is 93.4 Å². The standard InChI is InChI=1S/C55H47N2O/c1-34(2)47-32-43(41-27-25-40(26-28-41)39-23-21-38(22-24-39)37-14-8-7-9-15-37)33-48(35(3)4)52(47)57-50-19-13-12-18-49(50)56(6)55(57)51-36(5)20-30-46-45-31-29-42-16-10-11-17-44(42)53(45)58-54(46)51/h7-35H,1-6H3/q+1. The number of hydrogen-bond acceptors (Lipinski definition) is 1. The van der Waals surface area contributed by atoms with Gasteiger partial charge in [0.1, 0.15) is 16.8 Å². The number of nitrogens with zero attached hydrogens (tertiary/aromatic N) is 2. The zero-order chi connectivity index (χ0) is 39.7. The zero-order valence-electron chi connectivity index (χ0n) is 34.0. The second kappa shape index (κ2) is 14.0. The summed E-state index contributed by atoms with van der Waals surface area (Å²) in [5.41, 5.74) is 17.8. The molecule has 10 rings (SSSR count). The van der Waals surface area contributed by atoms with Gasteiger partial charge in [-0.3, -0.25) is 0 Å². The maximum atomic E-state index is 7.05. The summed E-state index contributed by atoms with van der Waals surface area (Å²) in [4.78, 5) is 0. The largest absolute Gasteiger partial charge is 0.454 e. The van der Waals surface area contributed by atoms with E-state index in [2.05, 4.69) is 215 Å². The van der Waals surface area contributed by atoms with E-state index in [9.17, 15) is 0 Å². The molecule has 0 unspecified atom stereocenters. The van der Waals surface area contributed by atoms with Crippen LogP contribution in [0.3, 0.4) is 0 Å². The number of benzene rings is 8. The van der Waals surface area contributed by atoms with Gasteiger partial charge in [0.15, 0.2) is 16.6 Å². The summed E-state index contributed by atoms with van der Waals surface area (Å²) in [5, 5.41) is 4.60. The lowest BCUT2D eigenvalue weighted by atomic mass is 9.87. The lowest BCUT2D eigenvalue weighted by Gasteiger charge is -2.21. The first kappa shape index (κ1) is 35.7. The Morgan fingerprint density at radius 3 is 1.64 bits per heavy atom. The molecule has 0 aliphatic carbocycles. The number of para-hydroxylation sites is 2. The normalized spacial score (nSPS) is 11.9. The Bertz CT molecular complexity index is 3130. The Labute approximate surface area is 340 Å². The molecule has 3 heteroatoms. The topological polar surface area (TPSA) is 21.9 Å². The van der Waals surface area contributed by atoms with Crippen LogP contribution in [0.2, 0.25) is 0 Å². The van der Waals surface area contributed by atoms with Crippen molar-refractivity contribution >= 4 is 43.7 Å². The number of fused-ring (bicyclic) bond motifs is 6. The summed E-state index contributed by atoms with van der Waals surface area (Å²) in [5.74, 6) is 1.65. The van der Waals surface area contributed by atoms with Gasteiger partial charge in [-0.2, -0.15) is 4.57 Å². The third kappa shape index (κ3) is 5.76. The fraction of sp³-hybridized carbons (Fsp3) is 0.145. The second-order valence-corrected chi connectivity index (χ2v) is 16.4. The molecule has 2 aromatic heterocycles. The van der Waals surface area contributed by atoms with E-state index in [1.807, 2.05) is 0 Å². The highest BCUT2D eigenvalue weighted by Gasteiger charge is 2.34. The van der Waals surface area contributed by atoms with Gasteiger partial charge in [-0.1, -0.05) is 161 Å². The number of aromatic nitrogens is 2. The second-order valence-electron chi connectivity index (χ2n) is 16.4. The molecule has 0 atom stereocenters. The minimum Gasteiger partial charge on any atom is -0.454 e. The fourth-order valence-corrected chi connectivity index (χ4v) is 9.09. The molecule has 58 heavy (non-hydrogen) atoms. The van der Waals surface area contributed by atoms with Crippen LogP contribution in [0.1, 0.15) is 56.2 Å². The molecule has 0 aliphatic rings. The van der Waals surface area contributed by atoms with Crippen molar-refractivity contribution in [2.75, 3.05) is 0 Å². The average Bonchev–Trinajstić information content (AvgIpc) is 3.78. The lowest BCUT2D eigenvalue weighted by molar-refractivity contribution is -0.633. The van der Waals surface area contributed by atoms with Crippen LogP contribution in [0.5, 0.6) is 0 Å². The molecule has 0 aliphatic heterocycles. The van der Waals surface area contributed by atoms with E-state index in [-0.39, 0.29) is 11.8 Å². The molecule has 3 nitrogen and oxygen atoms in total. The van der Waals surface area contributed by atoms with Crippen LogP contribution in [-0.4, -0.2) is 4.57 Å². The van der Waals surface area contributed by atoms with E-state index in [1.165, 1.54) is 72.2 Å². The first-order valence-corrected chi connectivity index (χ1v) is 20.5. The third-order valence-corrected chi connectivity index (χ3v) is 12.2. The van der Waals surface area contributed by atoms with E-state index in [4.69, 9.17) is 4.42 Å². The van der Waals surface area contributed by atoms with E-state index in [0.29, 0.717) is 0 Å². The van der Waals surface area contributed by atoms with E-state index < -0.39 is 0 Å². The van der Waals surface area contributed by atoms with Gasteiger partial charge in [-0.25, -0.2) is 4.57 Å². The van der Waals surface area contributed by atoms with Crippen LogP contribution >= 0.6 is 0 Å². The third-order valence-electron chi connectivity index (χ3n) is 12.2. The number of rotatable bonds is 7. The summed E-state index contributed by atoms with van der Waals surface area (Å²) < 4.78 is 12.0. The van der Waals surface area contributed by atoms with Crippen molar-refractivity contribution in [3.8, 4) is 50.5 Å². The number of hydrogen-bond donors (Lipinski definition) is 0. The first-order chi connectivity index (χ1) is 28.3. The van der Waals surface area contributed by atoms with Crippen LogP contribution < -0.4 is 4.57 Å². The molecule has 0 spiro atoms. The Kier molecular flexibility index (Phi) is 8.64. The summed E-state index contributed by atoms with van der Waals surface area (Å²) in [6.07, 6.45) is 0. The maximum absolute atomic E-state index is 7.05. The SMILES string of the molecule is Cc1ccc2c(oc3c4ccccc4ccc23)c1-c1n(-c2c(C(C)C)cc(-c3ccc(-c4ccc(-c5ccccc5)cc4)cc3)cc2C(C)C)c2ccccc2[n+]1C. The molecular formula is C55H47N2O+. The Hall–Kier alpha value is -6.71. The summed E-state index contributed by atoms with van der Waals surface area (Å²) in [6.45, 7) is 11.5. The van der Waals surface area contributed by atoms with Gasteiger partial charge in [0.25, 0.3) is 5.82 Å². The molecule has 10 aromatic rings. The van der Waals surface area contributed by atoms with Crippen LogP contribution in [0.15, 0.2) is 168 Å². The summed E-state index contributed by atoms with van der Waals surface area (Å²) >= 11 is 0. The van der Waals surface area contributed by atoms with Gasteiger partial charge in [0.2, 0.25) is 0 Å². The molecule has 0 N–H and O–H groups in total. The summed E-state index contributed by atoms with van der Waals surface area (Å²) in [6, 6.07) is 59.7. The number of imidazole rings is 1. The molecule has 8 aromatic carbocycles. The van der Waals surface area contributed by atoms with Crippen LogP contribution in [0, 0.1) is 6.92 Å². The molecule has 282 valence electrons. The molecule has 2 heterocycles. The monoisotopic (exact) mass is 751 g/mol. The van der Waals surface area contributed by atoms with Crippen molar-refractivity contribution in [3.05, 3.63) is 180 Å². The highest BCUT2D eigenvalue weighted by molar-refractivity contribution is 6.17. The maximum Gasteiger partial charge on any atom is 0.299 e. The number of furan rings is 1. The minimum absolute atomic E-state index is 0.267. The number of aryl methyl sites for hydroxylation is 2. The molecule has 0 fully saturated rings. The molecule has 0 saturated heterocycles. The van der Waals surface area contributed by atoms with E-state index >= 15 is 0 Å². The van der Waals surface area contributed by atoms with Gasteiger partial charge in [0, 0.05) is 27.3 Å². The van der Waals surface area contributed by atoms with E-state index in [0.717, 1.165) is 38.7 Å². The van der Waals surface area contributed by atoms with Gasteiger partial charge in [-0.15, -0.1) is 0 Å². The first-order valence-electron chi connectivity index (χ1n) is 20.5. The molecule has 0 amide bonds. The van der Waals surface area contributed by atoms with Crippen molar-refractivity contribution in [2.24, 2.45) is 7.05 Å². The van der Waals surface area contributed by atoms with Crippen LogP contribution in [0.4, 0.5) is 0 Å². The van der Waals surface area contributed by atoms with Crippen LogP contribution in [0.25, 0.3) is 94.2 Å². The smallest absolute Gasteiger partial charge is 0.299 e. The lowest BCUT2D eigenvalue weighted by Crippen LogP contribution is -2.30.